The summed E-state index contributed by atoms with van der Waals surface area (Å²) in [6.07, 6.45) is 10.2. The summed E-state index contributed by atoms with van der Waals surface area (Å²) in [5.41, 5.74) is 0.751. The van der Waals surface area contributed by atoms with Crippen molar-refractivity contribution < 1.29 is 4.79 Å². The van der Waals surface area contributed by atoms with Gasteiger partial charge in [0, 0.05) is 12.8 Å². The molecule has 0 fully saturated rings. The van der Waals surface area contributed by atoms with Gasteiger partial charge < -0.3 is 5.32 Å². The van der Waals surface area contributed by atoms with Crippen molar-refractivity contribution in [3.05, 3.63) is 36.1 Å². The molecular weight excluding hydrogens is 150 g/mol. The van der Waals surface area contributed by atoms with Gasteiger partial charge in [-0.15, -0.1) is 0 Å². The second-order valence-corrected chi connectivity index (χ2v) is 3.15. The van der Waals surface area contributed by atoms with Gasteiger partial charge >= 0.3 is 0 Å². The number of Topliss-reactive ketones (excluding diaryl/α,β-unsaturated/α-hetero) is 1. The van der Waals surface area contributed by atoms with Crippen LogP contribution in [0.25, 0.3) is 0 Å². The molecule has 2 heteroatoms. The van der Waals surface area contributed by atoms with Gasteiger partial charge in [0.15, 0.2) is 5.78 Å². The van der Waals surface area contributed by atoms with Gasteiger partial charge in [0.1, 0.15) is 0 Å². The molecule has 1 aliphatic carbocycles. The monoisotopic (exact) mass is 161 g/mol. The van der Waals surface area contributed by atoms with Crippen LogP contribution in [0.1, 0.15) is 6.92 Å². The minimum atomic E-state index is 0.117. The van der Waals surface area contributed by atoms with Crippen LogP contribution < -0.4 is 5.32 Å². The van der Waals surface area contributed by atoms with Crippen molar-refractivity contribution in [3.63, 3.8) is 0 Å². The summed E-state index contributed by atoms with van der Waals surface area (Å²) in [5.74, 6) is 0.486. The standard InChI is InChI=1S/C10H11NO/c1-7(12)10-6-8-4-2-3-5-9(8)11-10/h2-6,8-9,11H,1H3. The highest BCUT2D eigenvalue weighted by atomic mass is 16.1. The molecule has 0 radical (unpaired) electrons. The first-order valence-electron chi connectivity index (χ1n) is 4.11. The van der Waals surface area contributed by atoms with E-state index in [2.05, 4.69) is 17.5 Å². The van der Waals surface area contributed by atoms with Crippen molar-refractivity contribution in [2.75, 3.05) is 0 Å². The Morgan fingerprint density at radius 3 is 2.83 bits per heavy atom. The number of rotatable bonds is 1. The van der Waals surface area contributed by atoms with Gasteiger partial charge in [-0.1, -0.05) is 24.3 Å². The van der Waals surface area contributed by atoms with Crippen LogP contribution in [0, 0.1) is 5.92 Å². The predicted molar refractivity (Wildman–Crippen MR) is 47.5 cm³/mol. The highest BCUT2D eigenvalue weighted by Gasteiger charge is 2.25. The summed E-state index contributed by atoms with van der Waals surface area (Å²) < 4.78 is 0. The summed E-state index contributed by atoms with van der Waals surface area (Å²) >= 11 is 0. The quantitative estimate of drug-likeness (QED) is 0.625. The maximum Gasteiger partial charge on any atom is 0.175 e. The molecule has 1 aliphatic heterocycles. The number of ketones is 1. The van der Waals surface area contributed by atoms with Crippen molar-refractivity contribution in [1.82, 2.24) is 5.32 Å². The molecule has 0 saturated heterocycles. The first kappa shape index (κ1) is 7.35. The fraction of sp³-hybridized carbons (Fsp3) is 0.300. The summed E-state index contributed by atoms with van der Waals surface area (Å²) in [6.45, 7) is 1.59. The molecule has 0 aromatic heterocycles. The van der Waals surface area contributed by atoms with Crippen LogP contribution in [0.3, 0.4) is 0 Å². The second kappa shape index (κ2) is 2.63. The molecule has 12 heavy (non-hydrogen) atoms. The largest absolute Gasteiger partial charge is 0.375 e. The lowest BCUT2D eigenvalue weighted by molar-refractivity contribution is -0.113. The van der Waals surface area contributed by atoms with E-state index >= 15 is 0 Å². The third kappa shape index (κ3) is 1.09. The zero-order valence-corrected chi connectivity index (χ0v) is 6.95. The van der Waals surface area contributed by atoms with E-state index < -0.39 is 0 Å². The molecule has 0 bridgehead atoms. The molecule has 0 aromatic rings. The molecule has 0 aromatic carbocycles. The highest BCUT2D eigenvalue weighted by molar-refractivity contribution is 5.93. The fourth-order valence-corrected chi connectivity index (χ4v) is 1.57. The average Bonchev–Trinajstić information content (AvgIpc) is 2.46. The van der Waals surface area contributed by atoms with Gasteiger partial charge in [-0.3, -0.25) is 4.79 Å². The smallest absolute Gasteiger partial charge is 0.175 e. The molecule has 2 rings (SSSR count). The Kier molecular flexibility index (Phi) is 1.61. The Hall–Kier alpha value is -1.31. The van der Waals surface area contributed by atoms with Crippen LogP contribution in [0.15, 0.2) is 36.1 Å². The van der Waals surface area contributed by atoms with Crippen LogP contribution in [-0.2, 0) is 4.79 Å². The molecule has 0 amide bonds. The van der Waals surface area contributed by atoms with E-state index in [1.807, 2.05) is 18.2 Å². The Balaban J connectivity index is 2.21. The molecule has 1 heterocycles. The first-order chi connectivity index (χ1) is 5.77. The predicted octanol–water partition coefficient (Wildman–Crippen LogP) is 1.17. The van der Waals surface area contributed by atoms with Crippen LogP contribution in [0.5, 0.6) is 0 Å². The first-order valence-corrected chi connectivity index (χ1v) is 4.11. The Morgan fingerprint density at radius 2 is 2.17 bits per heavy atom. The van der Waals surface area contributed by atoms with Crippen LogP contribution in [0.4, 0.5) is 0 Å². The van der Waals surface area contributed by atoms with Crippen LogP contribution in [0.2, 0.25) is 0 Å². The summed E-state index contributed by atoms with van der Waals surface area (Å²) in [5, 5.41) is 3.17. The van der Waals surface area contributed by atoms with Crippen molar-refractivity contribution in [1.29, 1.82) is 0 Å². The minimum absolute atomic E-state index is 0.117. The second-order valence-electron chi connectivity index (χ2n) is 3.15. The molecule has 1 N–H and O–H groups in total. The lowest BCUT2D eigenvalue weighted by Crippen LogP contribution is -2.28. The third-order valence-corrected chi connectivity index (χ3v) is 2.24. The zero-order valence-electron chi connectivity index (χ0n) is 6.95. The molecule has 0 spiro atoms. The summed E-state index contributed by atoms with van der Waals surface area (Å²) in [4.78, 5) is 11.0. The Bertz CT molecular complexity index is 299. The lowest BCUT2D eigenvalue weighted by Gasteiger charge is -2.15. The SMILES string of the molecule is CC(=O)C1=CC2C=CC=CC2N1. The fourth-order valence-electron chi connectivity index (χ4n) is 1.57. The number of hydrogen-bond acceptors (Lipinski definition) is 2. The maximum absolute atomic E-state index is 11.0. The number of carbonyl (C=O) groups excluding carboxylic acids is 1. The van der Waals surface area contributed by atoms with E-state index in [9.17, 15) is 4.79 Å². The third-order valence-electron chi connectivity index (χ3n) is 2.24. The maximum atomic E-state index is 11.0. The molecule has 2 nitrogen and oxygen atoms in total. The molecule has 2 unspecified atom stereocenters. The van der Waals surface area contributed by atoms with Gasteiger partial charge in [0.05, 0.1) is 11.7 Å². The molecular formula is C10H11NO. The highest BCUT2D eigenvalue weighted by Crippen LogP contribution is 2.22. The zero-order chi connectivity index (χ0) is 8.55. The van der Waals surface area contributed by atoms with Gasteiger partial charge in [0.2, 0.25) is 0 Å². The minimum Gasteiger partial charge on any atom is -0.375 e. The van der Waals surface area contributed by atoms with Gasteiger partial charge in [-0.25, -0.2) is 0 Å². The van der Waals surface area contributed by atoms with E-state index in [0.717, 1.165) is 5.70 Å². The topological polar surface area (TPSA) is 29.1 Å². The van der Waals surface area contributed by atoms with Crippen molar-refractivity contribution in [3.8, 4) is 0 Å². The van der Waals surface area contributed by atoms with Crippen LogP contribution in [-0.4, -0.2) is 11.8 Å². The number of hydrogen-bond donors (Lipinski definition) is 1. The van der Waals surface area contributed by atoms with E-state index in [1.54, 1.807) is 6.92 Å². The van der Waals surface area contributed by atoms with E-state index in [1.165, 1.54) is 0 Å². The summed E-state index contributed by atoms with van der Waals surface area (Å²) in [6, 6.07) is 0.300. The summed E-state index contributed by atoms with van der Waals surface area (Å²) in [7, 11) is 0. The molecule has 62 valence electrons. The normalized spacial score (nSPS) is 30.9. The van der Waals surface area contributed by atoms with E-state index in [-0.39, 0.29) is 5.78 Å². The van der Waals surface area contributed by atoms with Gasteiger partial charge in [-0.05, 0) is 6.08 Å². The van der Waals surface area contributed by atoms with Crippen molar-refractivity contribution >= 4 is 5.78 Å². The number of carbonyl (C=O) groups is 1. The van der Waals surface area contributed by atoms with Crippen molar-refractivity contribution in [2.45, 2.75) is 13.0 Å². The Labute approximate surface area is 71.7 Å². The Morgan fingerprint density at radius 1 is 1.42 bits per heavy atom. The van der Waals surface area contributed by atoms with Gasteiger partial charge in [0.25, 0.3) is 0 Å². The van der Waals surface area contributed by atoms with Crippen molar-refractivity contribution in [2.24, 2.45) is 5.92 Å². The van der Waals surface area contributed by atoms with E-state index in [0.29, 0.717) is 12.0 Å². The lowest BCUT2D eigenvalue weighted by atomic mass is 9.98. The number of allylic oxidation sites excluding steroid dienone is 3. The number of fused-ring (bicyclic) bond motifs is 1. The average molecular weight is 161 g/mol. The number of nitrogens with one attached hydrogen (secondary N) is 1. The van der Waals surface area contributed by atoms with Gasteiger partial charge in [-0.2, -0.15) is 0 Å². The van der Waals surface area contributed by atoms with E-state index in [4.69, 9.17) is 0 Å². The molecule has 2 aliphatic rings. The molecule has 0 saturated carbocycles. The van der Waals surface area contributed by atoms with Crippen LogP contribution >= 0.6 is 0 Å². The molecule has 2 atom stereocenters.